The Hall–Kier alpha value is -3.88. The summed E-state index contributed by atoms with van der Waals surface area (Å²) in [4.78, 5) is 35.1. The van der Waals surface area contributed by atoms with Crippen LogP contribution in [0.5, 0.6) is 11.5 Å². The normalized spacial score (nSPS) is 12.3. The number of ether oxygens (including phenoxy) is 3. The molecule has 0 spiro atoms. The van der Waals surface area contributed by atoms with E-state index in [9.17, 15) is 18.8 Å². The van der Waals surface area contributed by atoms with Gasteiger partial charge in [0.2, 0.25) is 0 Å². The maximum Gasteiger partial charge on any atom is 0.331 e. The number of amides is 2. The van der Waals surface area contributed by atoms with E-state index in [1.54, 1.807) is 18.2 Å². The van der Waals surface area contributed by atoms with Crippen LogP contribution in [0.25, 0.3) is 6.08 Å². The molecule has 0 aliphatic carbocycles. The summed E-state index contributed by atoms with van der Waals surface area (Å²) in [6.45, 7) is 0.309. The van der Waals surface area contributed by atoms with Gasteiger partial charge in [-0.25, -0.2) is 9.18 Å². The number of benzene rings is 2. The Balaban J connectivity index is 1.43. The molecule has 9 heteroatoms. The summed E-state index contributed by atoms with van der Waals surface area (Å²) >= 11 is 0. The molecule has 3 rings (SSSR count). The van der Waals surface area contributed by atoms with Crippen LogP contribution < -0.4 is 20.3 Å². The number of carbonyl (C=O) groups is 3. The van der Waals surface area contributed by atoms with Crippen molar-refractivity contribution in [1.29, 1.82) is 0 Å². The SMILES string of the molecule is O=C(COC(=O)/C=C/c1ccc2c(c1)OCCO2)NNC(=O)c1ccccc1F. The molecule has 1 heterocycles. The third-order valence-corrected chi connectivity index (χ3v) is 3.76. The molecule has 2 N–H and O–H groups in total. The van der Waals surface area contributed by atoms with E-state index in [4.69, 9.17) is 14.2 Å². The largest absolute Gasteiger partial charge is 0.486 e. The molecule has 29 heavy (non-hydrogen) atoms. The van der Waals surface area contributed by atoms with E-state index in [2.05, 4.69) is 0 Å². The topological polar surface area (TPSA) is 103 Å². The van der Waals surface area contributed by atoms with Gasteiger partial charge in [-0.15, -0.1) is 0 Å². The molecule has 0 fully saturated rings. The van der Waals surface area contributed by atoms with Crippen LogP contribution in [0.15, 0.2) is 48.5 Å². The second-order valence-electron chi connectivity index (χ2n) is 5.83. The summed E-state index contributed by atoms with van der Waals surface area (Å²) in [5.74, 6) is -1.88. The van der Waals surface area contributed by atoms with Crippen LogP contribution in [0.3, 0.4) is 0 Å². The summed E-state index contributed by atoms with van der Waals surface area (Å²) in [6, 6.07) is 10.5. The number of hydrogen-bond acceptors (Lipinski definition) is 6. The third kappa shape index (κ3) is 5.55. The summed E-state index contributed by atoms with van der Waals surface area (Å²) in [6.07, 6.45) is 2.65. The summed E-state index contributed by atoms with van der Waals surface area (Å²) < 4.78 is 29.1. The Labute approximate surface area is 165 Å². The van der Waals surface area contributed by atoms with Gasteiger partial charge in [0, 0.05) is 6.08 Å². The first-order valence-corrected chi connectivity index (χ1v) is 8.61. The van der Waals surface area contributed by atoms with Crippen molar-refractivity contribution in [3.8, 4) is 11.5 Å². The van der Waals surface area contributed by atoms with Gasteiger partial charge in [0.25, 0.3) is 11.8 Å². The zero-order valence-electron chi connectivity index (χ0n) is 15.1. The first-order chi connectivity index (χ1) is 14.0. The molecule has 1 aliphatic rings. The quantitative estimate of drug-likeness (QED) is 0.449. The Kier molecular flexibility index (Phi) is 6.41. The molecule has 2 aromatic rings. The molecule has 0 aromatic heterocycles. The standard InChI is InChI=1S/C20H17FN2O6/c21-15-4-2-1-3-14(15)20(26)23-22-18(24)12-29-19(25)8-6-13-5-7-16-17(11-13)28-10-9-27-16/h1-8,11H,9-10,12H2,(H,22,24)(H,23,26)/b8-6+. The Bertz CT molecular complexity index is 960. The number of carbonyl (C=O) groups excluding carboxylic acids is 3. The summed E-state index contributed by atoms with van der Waals surface area (Å²) in [7, 11) is 0. The van der Waals surface area contributed by atoms with Gasteiger partial charge in [-0.2, -0.15) is 0 Å². The first-order valence-electron chi connectivity index (χ1n) is 8.61. The van der Waals surface area contributed by atoms with Gasteiger partial charge in [-0.05, 0) is 35.9 Å². The lowest BCUT2D eigenvalue weighted by Gasteiger charge is -2.18. The van der Waals surface area contributed by atoms with Crippen molar-refractivity contribution >= 4 is 23.9 Å². The number of nitrogens with one attached hydrogen (secondary N) is 2. The monoisotopic (exact) mass is 400 g/mol. The zero-order chi connectivity index (χ0) is 20.6. The molecule has 0 bridgehead atoms. The van der Waals surface area contributed by atoms with Gasteiger partial charge in [-0.1, -0.05) is 18.2 Å². The van der Waals surface area contributed by atoms with Gasteiger partial charge in [-0.3, -0.25) is 20.4 Å². The average molecular weight is 400 g/mol. The lowest BCUT2D eigenvalue weighted by atomic mass is 10.2. The molecule has 150 valence electrons. The molecule has 1 aliphatic heterocycles. The van der Waals surface area contributed by atoms with E-state index in [0.29, 0.717) is 30.3 Å². The fraction of sp³-hybridized carbons (Fsp3) is 0.150. The van der Waals surface area contributed by atoms with Crippen molar-refractivity contribution < 1.29 is 33.0 Å². The van der Waals surface area contributed by atoms with Crippen LogP contribution in [0, 0.1) is 5.82 Å². The summed E-state index contributed by atoms with van der Waals surface area (Å²) in [5, 5.41) is 0. The molecule has 0 atom stereocenters. The van der Waals surface area contributed by atoms with E-state index >= 15 is 0 Å². The molecule has 0 radical (unpaired) electrons. The van der Waals surface area contributed by atoms with Crippen molar-refractivity contribution in [2.45, 2.75) is 0 Å². The van der Waals surface area contributed by atoms with E-state index in [1.165, 1.54) is 24.3 Å². The van der Waals surface area contributed by atoms with Gasteiger partial charge >= 0.3 is 5.97 Å². The van der Waals surface area contributed by atoms with Crippen molar-refractivity contribution in [3.63, 3.8) is 0 Å². The van der Waals surface area contributed by atoms with E-state index < -0.39 is 30.2 Å². The highest BCUT2D eigenvalue weighted by Gasteiger charge is 2.13. The molecule has 0 saturated carbocycles. The predicted octanol–water partition coefficient (Wildman–Crippen LogP) is 1.61. The second-order valence-corrected chi connectivity index (χ2v) is 5.83. The number of halogens is 1. The van der Waals surface area contributed by atoms with Crippen LogP contribution >= 0.6 is 0 Å². The van der Waals surface area contributed by atoms with E-state index in [0.717, 1.165) is 12.1 Å². The fourth-order valence-corrected chi connectivity index (χ4v) is 2.39. The van der Waals surface area contributed by atoms with E-state index in [-0.39, 0.29) is 5.56 Å². The molecule has 0 unspecified atom stereocenters. The molecular weight excluding hydrogens is 383 g/mol. The van der Waals surface area contributed by atoms with Crippen LogP contribution in [0.1, 0.15) is 15.9 Å². The minimum atomic E-state index is -0.832. The number of rotatable bonds is 5. The van der Waals surface area contributed by atoms with Gasteiger partial charge in [0.1, 0.15) is 19.0 Å². The lowest BCUT2D eigenvalue weighted by Crippen LogP contribution is -2.43. The number of fused-ring (bicyclic) bond motifs is 1. The van der Waals surface area contributed by atoms with Crippen LogP contribution in [0.4, 0.5) is 4.39 Å². The van der Waals surface area contributed by atoms with Crippen molar-refractivity contribution in [3.05, 3.63) is 65.5 Å². The van der Waals surface area contributed by atoms with E-state index in [1.807, 2.05) is 10.9 Å². The van der Waals surface area contributed by atoms with Crippen molar-refractivity contribution in [2.75, 3.05) is 19.8 Å². The van der Waals surface area contributed by atoms with Crippen LogP contribution in [-0.4, -0.2) is 37.6 Å². The Morgan fingerprint density at radius 1 is 1.03 bits per heavy atom. The highest BCUT2D eigenvalue weighted by Crippen LogP contribution is 2.31. The fourth-order valence-electron chi connectivity index (χ4n) is 2.39. The second kappa shape index (κ2) is 9.36. The summed E-state index contributed by atoms with van der Waals surface area (Å²) in [5.41, 5.74) is 4.53. The highest BCUT2D eigenvalue weighted by molar-refractivity contribution is 5.96. The van der Waals surface area contributed by atoms with Crippen LogP contribution in [-0.2, 0) is 14.3 Å². The average Bonchev–Trinajstić information content (AvgIpc) is 2.74. The molecule has 8 nitrogen and oxygen atoms in total. The van der Waals surface area contributed by atoms with Crippen molar-refractivity contribution in [2.24, 2.45) is 0 Å². The number of hydrazine groups is 1. The number of hydrogen-bond donors (Lipinski definition) is 2. The minimum Gasteiger partial charge on any atom is -0.486 e. The number of esters is 1. The molecule has 2 aromatic carbocycles. The molecular formula is C20H17FN2O6. The highest BCUT2D eigenvalue weighted by atomic mass is 19.1. The maximum atomic E-state index is 13.5. The first kappa shape index (κ1) is 19.9. The maximum absolute atomic E-state index is 13.5. The smallest absolute Gasteiger partial charge is 0.331 e. The molecule has 2 amide bonds. The van der Waals surface area contributed by atoms with Crippen molar-refractivity contribution in [1.82, 2.24) is 10.9 Å². The van der Waals surface area contributed by atoms with Gasteiger partial charge in [0.15, 0.2) is 18.1 Å². The lowest BCUT2D eigenvalue weighted by molar-refractivity contribution is -0.144. The molecule has 0 saturated heterocycles. The van der Waals surface area contributed by atoms with Crippen LogP contribution in [0.2, 0.25) is 0 Å². The zero-order valence-corrected chi connectivity index (χ0v) is 15.1. The Morgan fingerprint density at radius 2 is 1.79 bits per heavy atom. The predicted molar refractivity (Wildman–Crippen MR) is 99.4 cm³/mol. The van der Waals surface area contributed by atoms with Gasteiger partial charge < -0.3 is 14.2 Å². The minimum absolute atomic E-state index is 0.229. The Morgan fingerprint density at radius 3 is 2.59 bits per heavy atom. The third-order valence-electron chi connectivity index (χ3n) is 3.76. The van der Waals surface area contributed by atoms with Gasteiger partial charge in [0.05, 0.1) is 5.56 Å².